The number of aromatic nitrogens is 2. The molecule has 0 atom stereocenters. The average molecular weight is 650 g/mol. The fraction of sp³-hybridized carbons (Fsp3) is 0.417. The van der Waals surface area contributed by atoms with Crippen LogP contribution in [0.2, 0.25) is 0 Å². The molecule has 2 fully saturated rings. The Hall–Kier alpha value is -4.49. The fourth-order valence-electron chi connectivity index (χ4n) is 3.80. The van der Waals surface area contributed by atoms with Crippen LogP contribution in [0.3, 0.4) is 0 Å². The lowest BCUT2D eigenvalue weighted by Gasteiger charge is -2.48. The molecule has 0 bridgehead atoms. The van der Waals surface area contributed by atoms with Crippen molar-refractivity contribution < 1.29 is 74.0 Å². The Balaban J connectivity index is 0.000000379. The summed E-state index contributed by atoms with van der Waals surface area (Å²) in [7, 11) is 0. The zero-order chi connectivity index (χ0) is 33.9. The van der Waals surface area contributed by atoms with Crippen molar-refractivity contribution in [3.05, 3.63) is 60.2 Å². The van der Waals surface area contributed by atoms with Crippen LogP contribution in [0, 0.1) is 5.41 Å². The van der Waals surface area contributed by atoms with Gasteiger partial charge in [-0.2, -0.15) is 39.5 Å². The van der Waals surface area contributed by atoms with E-state index < -0.39 is 36.4 Å². The molecule has 3 N–H and O–H groups in total. The van der Waals surface area contributed by atoms with Crippen LogP contribution in [0.5, 0.6) is 0 Å². The number of halogens is 9. The number of hydrogen-bond acceptors (Lipinski definition) is 7. The van der Waals surface area contributed by atoms with E-state index in [0.29, 0.717) is 11.0 Å². The van der Waals surface area contributed by atoms with Crippen molar-refractivity contribution >= 4 is 23.8 Å². The van der Waals surface area contributed by atoms with Gasteiger partial charge in [0.15, 0.2) is 0 Å². The number of rotatable bonds is 3. The van der Waals surface area contributed by atoms with Gasteiger partial charge in [0.25, 0.3) is 5.91 Å². The van der Waals surface area contributed by atoms with E-state index in [1.165, 1.54) is 5.56 Å². The molecule has 1 spiro atoms. The van der Waals surface area contributed by atoms with E-state index >= 15 is 0 Å². The molecule has 2 aromatic rings. The Morgan fingerprint density at radius 1 is 0.727 bits per heavy atom. The molecular weight excluding hydrogens is 627 g/mol. The molecule has 0 aliphatic carbocycles. The molecule has 44 heavy (non-hydrogen) atoms. The molecule has 11 nitrogen and oxygen atoms in total. The van der Waals surface area contributed by atoms with E-state index in [-0.39, 0.29) is 5.91 Å². The summed E-state index contributed by atoms with van der Waals surface area (Å²) in [6.45, 7) is 4.81. The van der Waals surface area contributed by atoms with Crippen LogP contribution in [-0.2, 0) is 20.9 Å². The molecular formula is C24H23F9N4O7. The van der Waals surface area contributed by atoms with E-state index in [0.717, 1.165) is 39.1 Å². The number of carbonyl (C=O) groups excluding carboxylic acids is 1. The van der Waals surface area contributed by atoms with Crippen molar-refractivity contribution in [2.24, 2.45) is 5.41 Å². The molecule has 0 saturated carbocycles. The fourth-order valence-corrected chi connectivity index (χ4v) is 3.80. The first kappa shape index (κ1) is 37.5. The molecule has 2 aliphatic rings. The van der Waals surface area contributed by atoms with Crippen LogP contribution in [-0.4, -0.2) is 104 Å². The van der Waals surface area contributed by atoms with E-state index in [2.05, 4.69) is 20.9 Å². The monoisotopic (exact) mass is 650 g/mol. The first-order valence-corrected chi connectivity index (χ1v) is 11.8. The summed E-state index contributed by atoms with van der Waals surface area (Å²) < 4.78 is 95.2. The van der Waals surface area contributed by atoms with Crippen molar-refractivity contribution in [1.29, 1.82) is 0 Å². The zero-order valence-corrected chi connectivity index (χ0v) is 22.0. The summed E-state index contributed by atoms with van der Waals surface area (Å²) in [4.78, 5) is 51.8. The van der Waals surface area contributed by atoms with Crippen LogP contribution in [0.15, 0.2) is 49.1 Å². The third-order valence-electron chi connectivity index (χ3n) is 5.61. The van der Waals surface area contributed by atoms with Crippen LogP contribution < -0.4 is 0 Å². The van der Waals surface area contributed by atoms with Gasteiger partial charge < -0.3 is 20.2 Å². The molecule has 0 unspecified atom stereocenters. The predicted octanol–water partition coefficient (Wildman–Crippen LogP) is 3.72. The van der Waals surface area contributed by atoms with Gasteiger partial charge >= 0.3 is 36.4 Å². The van der Waals surface area contributed by atoms with E-state index in [1.807, 2.05) is 29.3 Å². The minimum absolute atomic E-state index is 0.112. The summed E-state index contributed by atoms with van der Waals surface area (Å²) >= 11 is 0. The van der Waals surface area contributed by atoms with Gasteiger partial charge in [-0.1, -0.05) is 6.07 Å². The lowest BCUT2D eigenvalue weighted by atomic mass is 9.79. The highest BCUT2D eigenvalue weighted by Gasteiger charge is 2.48. The summed E-state index contributed by atoms with van der Waals surface area (Å²) in [6, 6.07) is 7.76. The van der Waals surface area contributed by atoms with Crippen molar-refractivity contribution in [3.8, 4) is 0 Å². The van der Waals surface area contributed by atoms with E-state index in [1.54, 1.807) is 18.6 Å². The second kappa shape index (κ2) is 15.3. The molecule has 0 radical (unpaired) electrons. The summed E-state index contributed by atoms with van der Waals surface area (Å²) in [5.41, 5.74) is 2.24. The Bertz CT molecular complexity index is 1200. The van der Waals surface area contributed by atoms with Gasteiger partial charge in [-0.05, 0) is 30.2 Å². The second-order valence-electron chi connectivity index (χ2n) is 9.13. The molecule has 4 rings (SSSR count). The first-order chi connectivity index (χ1) is 20.1. The lowest BCUT2D eigenvalue weighted by molar-refractivity contribution is -0.193. The molecule has 2 aliphatic heterocycles. The summed E-state index contributed by atoms with van der Waals surface area (Å²) in [5, 5.41) is 21.4. The smallest absolute Gasteiger partial charge is 0.475 e. The number of carboxylic acid groups (broad SMARTS) is 3. The van der Waals surface area contributed by atoms with Gasteiger partial charge in [0.1, 0.15) is 0 Å². The number of carbonyl (C=O) groups is 4. The van der Waals surface area contributed by atoms with Gasteiger partial charge in [-0.3, -0.25) is 19.7 Å². The molecule has 1 amide bonds. The summed E-state index contributed by atoms with van der Waals surface area (Å²) in [6.07, 6.45) is -7.06. The number of carboxylic acids is 3. The SMILES string of the molecule is O=C(O)C(F)(F)F.O=C(O)C(F)(F)F.O=C(O)C(F)(F)F.O=C(c1cccnc1)N1CCC2(CN(Cc3cccnc3)C2)C1. The highest BCUT2D eigenvalue weighted by atomic mass is 19.4. The van der Waals surface area contributed by atoms with Gasteiger partial charge in [-0.25, -0.2) is 14.4 Å². The molecule has 4 heterocycles. The molecule has 244 valence electrons. The Labute approximate surface area is 241 Å². The number of aliphatic carboxylic acids is 3. The lowest BCUT2D eigenvalue weighted by Crippen LogP contribution is -2.57. The van der Waals surface area contributed by atoms with Crippen molar-refractivity contribution in [1.82, 2.24) is 19.8 Å². The van der Waals surface area contributed by atoms with Crippen LogP contribution in [0.4, 0.5) is 39.5 Å². The maximum Gasteiger partial charge on any atom is 0.490 e. The minimum atomic E-state index is -5.08. The summed E-state index contributed by atoms with van der Waals surface area (Å²) in [5.74, 6) is -8.16. The molecule has 2 aromatic heterocycles. The van der Waals surface area contributed by atoms with E-state index in [9.17, 15) is 44.3 Å². The number of likely N-dealkylation sites (tertiary alicyclic amines) is 2. The largest absolute Gasteiger partial charge is 0.490 e. The highest BCUT2D eigenvalue weighted by Crippen LogP contribution is 2.40. The number of alkyl halides is 9. The normalized spacial score (nSPS) is 15.7. The Morgan fingerprint density at radius 2 is 1.16 bits per heavy atom. The predicted molar refractivity (Wildman–Crippen MR) is 128 cm³/mol. The van der Waals surface area contributed by atoms with Crippen molar-refractivity contribution in [3.63, 3.8) is 0 Å². The molecule has 0 aromatic carbocycles. The van der Waals surface area contributed by atoms with Crippen LogP contribution >= 0.6 is 0 Å². The van der Waals surface area contributed by atoms with Crippen LogP contribution in [0.25, 0.3) is 0 Å². The Kier molecular flexibility index (Phi) is 13.1. The third-order valence-corrected chi connectivity index (χ3v) is 5.61. The third kappa shape index (κ3) is 12.8. The topological polar surface area (TPSA) is 161 Å². The number of nitrogens with zero attached hydrogens (tertiary/aromatic N) is 4. The maximum atomic E-state index is 12.5. The van der Waals surface area contributed by atoms with Crippen molar-refractivity contribution in [2.75, 3.05) is 26.2 Å². The number of amides is 1. The number of pyridine rings is 2. The van der Waals surface area contributed by atoms with Gasteiger partial charge in [-0.15, -0.1) is 0 Å². The van der Waals surface area contributed by atoms with Crippen molar-refractivity contribution in [2.45, 2.75) is 31.5 Å². The zero-order valence-electron chi connectivity index (χ0n) is 22.0. The van der Waals surface area contributed by atoms with Crippen LogP contribution in [0.1, 0.15) is 22.3 Å². The minimum Gasteiger partial charge on any atom is -0.475 e. The van der Waals surface area contributed by atoms with E-state index in [4.69, 9.17) is 29.7 Å². The van der Waals surface area contributed by atoms with Gasteiger partial charge in [0.2, 0.25) is 0 Å². The second-order valence-corrected chi connectivity index (χ2v) is 9.13. The maximum absolute atomic E-state index is 12.5. The quantitative estimate of drug-likeness (QED) is 0.418. The number of hydrogen-bond donors (Lipinski definition) is 3. The van der Waals surface area contributed by atoms with Gasteiger partial charge in [0.05, 0.1) is 5.56 Å². The first-order valence-electron chi connectivity index (χ1n) is 11.8. The molecule has 20 heteroatoms. The highest BCUT2D eigenvalue weighted by molar-refractivity contribution is 5.94. The average Bonchev–Trinajstić information content (AvgIpc) is 3.34. The molecule has 2 saturated heterocycles. The van der Waals surface area contributed by atoms with Gasteiger partial charge in [0, 0.05) is 62.9 Å². The standard InChI is InChI=1S/C18H20N4O.3C2HF3O2/c23-17(16-4-2-7-20-10-16)22-8-5-18(14-22)12-21(13-18)11-15-3-1-6-19-9-15;3*3-2(4,5)1(6)7/h1-4,6-7,9-10H,5,8,11-14H2;3*(H,6,7). The Morgan fingerprint density at radius 3 is 1.52 bits per heavy atom.